The average molecular weight is 402 g/mol. The lowest BCUT2D eigenvalue weighted by atomic mass is 10.1. The van der Waals surface area contributed by atoms with Crippen molar-refractivity contribution < 1.29 is 24.3 Å². The van der Waals surface area contributed by atoms with Gasteiger partial charge in [-0.15, -0.1) is 0 Å². The summed E-state index contributed by atoms with van der Waals surface area (Å²) in [6.07, 6.45) is 1.33. The molecular weight excluding hydrogens is 390 g/mol. The van der Waals surface area contributed by atoms with Gasteiger partial charge in [-0.05, 0) is 36.4 Å². The number of furan rings is 1. The van der Waals surface area contributed by atoms with E-state index < -0.39 is 10.9 Å². The molecule has 0 unspecified atom stereocenters. The fourth-order valence-corrected chi connectivity index (χ4v) is 2.53. The third kappa shape index (κ3) is 4.10. The van der Waals surface area contributed by atoms with Gasteiger partial charge in [-0.2, -0.15) is 5.10 Å². The van der Waals surface area contributed by atoms with Crippen LogP contribution in [0.2, 0.25) is 5.02 Å². The van der Waals surface area contributed by atoms with Crippen LogP contribution in [0.4, 0.5) is 11.4 Å². The molecule has 1 aromatic heterocycles. The quantitative estimate of drug-likeness (QED) is 0.317. The predicted octanol–water partition coefficient (Wildman–Crippen LogP) is 4.36. The first-order valence-corrected chi connectivity index (χ1v) is 8.12. The summed E-state index contributed by atoms with van der Waals surface area (Å²) in [7, 11) is 0. The molecule has 0 saturated heterocycles. The van der Waals surface area contributed by atoms with Crippen LogP contribution in [0.5, 0.6) is 5.75 Å². The Hall–Kier alpha value is -3.85. The average Bonchev–Trinajstić information content (AvgIpc) is 3.11. The van der Waals surface area contributed by atoms with Crippen molar-refractivity contribution in [2.45, 2.75) is 0 Å². The normalized spacial score (nSPS) is 10.9. The summed E-state index contributed by atoms with van der Waals surface area (Å²) in [6, 6.07) is 11.0. The van der Waals surface area contributed by atoms with Gasteiger partial charge in [0, 0.05) is 12.1 Å². The Labute approximate surface area is 162 Å². The molecule has 0 aliphatic heterocycles. The number of anilines is 1. The molecule has 1 heterocycles. The van der Waals surface area contributed by atoms with E-state index in [0.29, 0.717) is 11.4 Å². The number of hydrogen-bond acceptors (Lipinski definition) is 7. The summed E-state index contributed by atoms with van der Waals surface area (Å²) in [5.74, 6) is -0.794. The van der Waals surface area contributed by atoms with Crippen molar-refractivity contribution in [3.8, 4) is 17.1 Å². The van der Waals surface area contributed by atoms with Gasteiger partial charge in [-0.1, -0.05) is 11.6 Å². The maximum atomic E-state index is 11.1. The smallest absolute Gasteiger partial charge is 0.337 e. The molecule has 3 N–H and O–H groups in total. The lowest BCUT2D eigenvalue weighted by Crippen LogP contribution is -1.99. The Balaban J connectivity index is 1.77. The van der Waals surface area contributed by atoms with Crippen LogP contribution in [-0.2, 0) is 0 Å². The van der Waals surface area contributed by atoms with Gasteiger partial charge in [0.05, 0.1) is 33.0 Å². The molecule has 0 aliphatic rings. The summed E-state index contributed by atoms with van der Waals surface area (Å²) in [5.41, 5.74) is 2.98. The largest absolute Gasteiger partial charge is 0.507 e. The van der Waals surface area contributed by atoms with E-state index in [1.54, 1.807) is 12.1 Å². The van der Waals surface area contributed by atoms with Gasteiger partial charge in [-0.25, -0.2) is 4.79 Å². The number of carboxylic acid groups (broad SMARTS) is 1. The number of hydrogen-bond donors (Lipinski definition) is 3. The Kier molecular flexibility index (Phi) is 5.28. The summed E-state index contributed by atoms with van der Waals surface area (Å²) in [5, 5.41) is 33.9. The highest BCUT2D eigenvalue weighted by Crippen LogP contribution is 2.33. The monoisotopic (exact) mass is 401 g/mol. The molecule has 0 atom stereocenters. The molecule has 10 heteroatoms. The second kappa shape index (κ2) is 7.80. The third-order valence-corrected chi connectivity index (χ3v) is 3.99. The topological polar surface area (TPSA) is 138 Å². The van der Waals surface area contributed by atoms with E-state index in [0.717, 1.165) is 0 Å². The number of nitro benzene ring substituents is 1. The van der Waals surface area contributed by atoms with Crippen LogP contribution in [0.25, 0.3) is 11.3 Å². The summed E-state index contributed by atoms with van der Waals surface area (Å²) >= 11 is 5.80. The first kappa shape index (κ1) is 18.9. The van der Waals surface area contributed by atoms with Crippen LogP contribution in [0.15, 0.2) is 58.0 Å². The third-order valence-electron chi connectivity index (χ3n) is 3.67. The van der Waals surface area contributed by atoms with E-state index >= 15 is 0 Å². The number of non-ortho nitro benzene ring substituents is 1. The second-order valence-corrected chi connectivity index (χ2v) is 5.94. The van der Waals surface area contributed by atoms with Crippen LogP contribution in [0, 0.1) is 10.1 Å². The molecule has 9 nitrogen and oxygen atoms in total. The standard InChI is InChI=1S/C18H12ClN3O6/c19-15-4-1-10(7-13(15)18(24)25)21-20-9-12-3-6-17(28-12)14-8-11(22(26)27)2-5-16(14)23/h1-9,21,23H,(H,24,25). The Morgan fingerprint density at radius 1 is 1.21 bits per heavy atom. The number of halogens is 1. The first-order valence-electron chi connectivity index (χ1n) is 7.74. The van der Waals surface area contributed by atoms with E-state index in [4.69, 9.17) is 21.1 Å². The molecule has 0 bridgehead atoms. The van der Waals surface area contributed by atoms with Crippen LogP contribution in [-0.4, -0.2) is 27.3 Å². The summed E-state index contributed by atoms with van der Waals surface area (Å²) in [4.78, 5) is 21.4. The highest BCUT2D eigenvalue weighted by atomic mass is 35.5. The van der Waals surface area contributed by atoms with Crippen LogP contribution < -0.4 is 5.43 Å². The number of benzene rings is 2. The van der Waals surface area contributed by atoms with E-state index in [9.17, 15) is 20.0 Å². The maximum absolute atomic E-state index is 11.1. The lowest BCUT2D eigenvalue weighted by Gasteiger charge is -2.03. The number of carbonyl (C=O) groups is 1. The molecule has 3 rings (SSSR count). The minimum absolute atomic E-state index is 0.0664. The number of nitrogens with zero attached hydrogens (tertiary/aromatic N) is 2. The van der Waals surface area contributed by atoms with Crippen LogP contribution >= 0.6 is 11.6 Å². The van der Waals surface area contributed by atoms with Crippen molar-refractivity contribution in [2.75, 3.05) is 5.43 Å². The van der Waals surface area contributed by atoms with Gasteiger partial charge >= 0.3 is 5.97 Å². The van der Waals surface area contributed by atoms with Gasteiger partial charge in [0.15, 0.2) is 0 Å². The molecule has 0 aliphatic carbocycles. The number of nitro groups is 1. The molecule has 0 spiro atoms. The first-order chi connectivity index (χ1) is 13.3. The summed E-state index contributed by atoms with van der Waals surface area (Å²) in [6.45, 7) is 0. The Morgan fingerprint density at radius 2 is 2.00 bits per heavy atom. The van der Waals surface area contributed by atoms with Crippen molar-refractivity contribution in [3.63, 3.8) is 0 Å². The minimum Gasteiger partial charge on any atom is -0.507 e. The second-order valence-electron chi connectivity index (χ2n) is 5.53. The summed E-state index contributed by atoms with van der Waals surface area (Å²) < 4.78 is 5.52. The van der Waals surface area contributed by atoms with Gasteiger partial charge < -0.3 is 14.6 Å². The molecule has 28 heavy (non-hydrogen) atoms. The van der Waals surface area contributed by atoms with E-state index in [-0.39, 0.29) is 33.3 Å². The predicted molar refractivity (Wildman–Crippen MR) is 102 cm³/mol. The highest BCUT2D eigenvalue weighted by molar-refractivity contribution is 6.33. The molecule has 0 amide bonds. The number of carboxylic acids is 1. The van der Waals surface area contributed by atoms with Gasteiger partial charge in [0.25, 0.3) is 5.69 Å². The van der Waals surface area contributed by atoms with Crippen molar-refractivity contribution >= 4 is 35.2 Å². The molecular formula is C18H12ClN3O6. The lowest BCUT2D eigenvalue weighted by molar-refractivity contribution is -0.384. The number of phenolic OH excluding ortho intramolecular Hbond substituents is 1. The van der Waals surface area contributed by atoms with Crippen LogP contribution in [0.3, 0.4) is 0 Å². The zero-order valence-electron chi connectivity index (χ0n) is 14.0. The number of phenols is 1. The Bertz CT molecular complexity index is 1090. The van der Waals surface area contributed by atoms with Gasteiger partial charge in [0.1, 0.15) is 17.3 Å². The zero-order chi connectivity index (χ0) is 20.3. The minimum atomic E-state index is -1.16. The zero-order valence-corrected chi connectivity index (χ0v) is 14.8. The van der Waals surface area contributed by atoms with Crippen molar-refractivity contribution in [1.82, 2.24) is 0 Å². The fraction of sp³-hybridized carbons (Fsp3) is 0. The number of aromatic hydroxyl groups is 1. The van der Waals surface area contributed by atoms with Gasteiger partial charge in [0.2, 0.25) is 0 Å². The van der Waals surface area contributed by atoms with E-state index in [2.05, 4.69) is 10.5 Å². The van der Waals surface area contributed by atoms with E-state index in [1.165, 1.54) is 42.6 Å². The molecule has 142 valence electrons. The fourth-order valence-electron chi connectivity index (χ4n) is 2.33. The molecule has 0 fully saturated rings. The van der Waals surface area contributed by atoms with Crippen LogP contribution in [0.1, 0.15) is 16.1 Å². The molecule has 2 aromatic carbocycles. The van der Waals surface area contributed by atoms with Gasteiger partial charge in [-0.3, -0.25) is 15.5 Å². The molecule has 3 aromatic rings. The van der Waals surface area contributed by atoms with Crippen molar-refractivity contribution in [1.29, 1.82) is 0 Å². The maximum Gasteiger partial charge on any atom is 0.337 e. The number of rotatable bonds is 6. The van der Waals surface area contributed by atoms with Crippen molar-refractivity contribution in [3.05, 3.63) is 75.0 Å². The number of hydrazone groups is 1. The van der Waals surface area contributed by atoms with E-state index in [1.807, 2.05) is 0 Å². The van der Waals surface area contributed by atoms with Crippen molar-refractivity contribution in [2.24, 2.45) is 5.10 Å². The number of nitrogens with one attached hydrogen (secondary N) is 1. The number of aromatic carboxylic acids is 1. The SMILES string of the molecule is O=C(O)c1cc(NN=Cc2ccc(-c3cc([N+](=O)[O-])ccc3O)o2)ccc1Cl. The molecule has 0 radical (unpaired) electrons. The molecule has 0 saturated carbocycles. The Morgan fingerprint density at radius 3 is 2.71 bits per heavy atom. The highest BCUT2D eigenvalue weighted by Gasteiger charge is 2.14.